The number of aliphatic hydroxyl groups excluding tert-OH is 1. The van der Waals surface area contributed by atoms with Gasteiger partial charge >= 0.3 is 6.09 Å². The van der Waals surface area contributed by atoms with Gasteiger partial charge in [-0.2, -0.15) is 0 Å². The molecule has 2 atom stereocenters. The number of carbonyl (C=O) groups is 2. The van der Waals surface area contributed by atoms with E-state index in [0.717, 1.165) is 10.5 Å². The lowest BCUT2D eigenvalue weighted by atomic mass is 10.1. The van der Waals surface area contributed by atoms with Gasteiger partial charge in [0.15, 0.2) is 12.0 Å². The van der Waals surface area contributed by atoms with E-state index in [4.69, 9.17) is 9.16 Å². The van der Waals surface area contributed by atoms with Gasteiger partial charge in [-0.25, -0.2) is 9.69 Å². The Hall–Kier alpha value is -2.78. The number of hydrogen-bond donors (Lipinski definition) is 2. The second kappa shape index (κ2) is 10.1. The van der Waals surface area contributed by atoms with E-state index in [2.05, 4.69) is 41.5 Å². The molecule has 0 bridgehead atoms. The van der Waals surface area contributed by atoms with Crippen molar-refractivity contribution in [3.63, 3.8) is 0 Å². The van der Waals surface area contributed by atoms with Gasteiger partial charge in [0.25, 0.3) is 14.2 Å². The van der Waals surface area contributed by atoms with Crippen molar-refractivity contribution in [3.05, 3.63) is 41.6 Å². The highest BCUT2D eigenvalue weighted by Gasteiger charge is 2.49. The second-order valence-corrected chi connectivity index (χ2v) is 15.6. The number of ether oxygens (including phenoxy) is 1. The summed E-state index contributed by atoms with van der Waals surface area (Å²) in [6.07, 6.45) is 2.94. The summed E-state index contributed by atoms with van der Waals surface area (Å²) < 4.78 is 12.5. The number of nitrogens with zero attached hydrogens (tertiary/aromatic N) is 2. The second-order valence-electron chi connectivity index (χ2n) is 10.2. The van der Waals surface area contributed by atoms with Gasteiger partial charge in [0.2, 0.25) is 0 Å². The number of amides is 2. The van der Waals surface area contributed by atoms with Crippen molar-refractivity contribution >= 4 is 26.0 Å². The minimum atomic E-state index is -2.42. The van der Waals surface area contributed by atoms with Gasteiger partial charge in [0, 0.05) is 12.3 Å². The molecular weight excluding hydrogens is 464 g/mol. The van der Waals surface area contributed by atoms with E-state index in [9.17, 15) is 19.8 Å². The van der Waals surface area contributed by atoms with E-state index in [-0.39, 0.29) is 27.9 Å². The molecule has 0 aromatic heterocycles. The Bertz CT molecular complexity index is 1030. The molecule has 0 saturated carbocycles. The van der Waals surface area contributed by atoms with Crippen molar-refractivity contribution in [2.24, 2.45) is 0 Å². The Labute approximate surface area is 209 Å². The van der Waals surface area contributed by atoms with Gasteiger partial charge in [-0.3, -0.25) is 4.79 Å². The number of methoxy groups -OCH3 is 1. The number of benzene rings is 1. The number of fused-ring (bicyclic) bond motifs is 2. The number of hydrogen-bond acceptors (Lipinski definition) is 5. The molecule has 0 aliphatic carbocycles. The summed E-state index contributed by atoms with van der Waals surface area (Å²) in [6, 6.07) is 2.36. The van der Waals surface area contributed by atoms with E-state index in [1.54, 1.807) is 18.3 Å². The van der Waals surface area contributed by atoms with Gasteiger partial charge in [0.1, 0.15) is 5.75 Å². The van der Waals surface area contributed by atoms with Crippen molar-refractivity contribution in [1.29, 1.82) is 0 Å². The van der Waals surface area contributed by atoms with E-state index in [1.807, 2.05) is 19.1 Å². The van der Waals surface area contributed by atoms with Crippen LogP contribution in [0.5, 0.6) is 11.5 Å². The predicted octanol–water partition coefficient (Wildman–Crippen LogP) is 5.74. The molecule has 2 amide bonds. The van der Waals surface area contributed by atoms with E-state index < -0.39 is 32.6 Å². The van der Waals surface area contributed by atoms with Crippen molar-refractivity contribution in [2.45, 2.75) is 83.8 Å². The van der Waals surface area contributed by atoms with Crippen molar-refractivity contribution in [2.75, 3.05) is 12.0 Å². The molecule has 1 aromatic carbocycles. The zero-order valence-corrected chi connectivity index (χ0v) is 22.9. The molecule has 2 unspecified atom stereocenters. The molecule has 2 aliphatic heterocycles. The zero-order chi connectivity index (χ0) is 26.2. The van der Waals surface area contributed by atoms with E-state index >= 15 is 0 Å². The Balaban J connectivity index is 2.23. The normalized spacial score (nSPS) is 20.5. The molecule has 192 valence electrons. The van der Waals surface area contributed by atoms with Crippen molar-refractivity contribution < 1.29 is 29.0 Å². The number of anilines is 1. The number of aliphatic hydroxyl groups is 1. The molecule has 2 heterocycles. The van der Waals surface area contributed by atoms with Crippen LogP contribution < -0.4 is 14.1 Å². The maximum atomic E-state index is 13.6. The highest BCUT2D eigenvalue weighted by molar-refractivity contribution is 6.78. The summed E-state index contributed by atoms with van der Waals surface area (Å²) in [7, 11) is -0.913. The summed E-state index contributed by atoms with van der Waals surface area (Å²) in [5.41, 5.74) is 1.90. The summed E-state index contributed by atoms with van der Waals surface area (Å²) >= 11 is 0. The highest BCUT2D eigenvalue weighted by Crippen LogP contribution is 2.47. The molecule has 9 heteroatoms. The first-order valence-corrected chi connectivity index (χ1v) is 14.3. The van der Waals surface area contributed by atoms with Crippen LogP contribution in [0.2, 0.25) is 16.6 Å². The first-order valence-electron chi connectivity index (χ1n) is 12.2. The molecule has 2 aliphatic rings. The third-order valence-corrected chi connectivity index (χ3v) is 13.3. The minimum Gasteiger partial charge on any atom is -0.540 e. The molecule has 3 rings (SSSR count). The molecule has 0 radical (unpaired) electrons. The minimum absolute atomic E-state index is 0.0975. The number of rotatable bonds is 7. The van der Waals surface area contributed by atoms with E-state index in [1.165, 1.54) is 12.0 Å². The summed E-state index contributed by atoms with van der Waals surface area (Å²) in [4.78, 5) is 28.3. The lowest BCUT2D eigenvalue weighted by Gasteiger charge is -2.42. The van der Waals surface area contributed by atoms with Crippen molar-refractivity contribution in [1.82, 2.24) is 4.90 Å². The van der Waals surface area contributed by atoms with Gasteiger partial charge in [-0.1, -0.05) is 53.7 Å². The molecule has 0 saturated heterocycles. The van der Waals surface area contributed by atoms with Crippen LogP contribution in [-0.4, -0.2) is 54.8 Å². The molecule has 8 nitrogen and oxygen atoms in total. The molecule has 0 fully saturated rings. The quantitative estimate of drug-likeness (QED) is 0.461. The number of allylic oxidation sites excluding steroid dienone is 2. The van der Waals surface area contributed by atoms with Crippen molar-refractivity contribution in [3.8, 4) is 11.5 Å². The van der Waals surface area contributed by atoms with Crippen LogP contribution in [0.3, 0.4) is 0 Å². The van der Waals surface area contributed by atoms with Crippen LogP contribution >= 0.6 is 0 Å². The maximum absolute atomic E-state index is 13.6. The Morgan fingerprint density at radius 2 is 1.71 bits per heavy atom. The number of carbonyl (C=O) groups excluding carboxylic acids is 1. The van der Waals surface area contributed by atoms with Gasteiger partial charge in [-0.15, -0.1) is 0 Å². The van der Waals surface area contributed by atoms with Crippen LogP contribution in [0.4, 0.5) is 10.5 Å². The topological polar surface area (TPSA) is 99.5 Å². The molecule has 35 heavy (non-hydrogen) atoms. The first-order chi connectivity index (χ1) is 16.4. The Morgan fingerprint density at radius 3 is 2.20 bits per heavy atom. The monoisotopic (exact) mass is 502 g/mol. The lowest BCUT2D eigenvalue weighted by Crippen LogP contribution is -2.51. The summed E-state index contributed by atoms with van der Waals surface area (Å²) in [5.74, 6) is 0.371. The van der Waals surface area contributed by atoms with Crippen LogP contribution in [-0.2, 0) is 0 Å². The third-order valence-electron chi connectivity index (χ3n) is 7.30. The molecule has 2 N–H and O–H groups in total. The third kappa shape index (κ3) is 4.47. The fourth-order valence-corrected chi connectivity index (χ4v) is 11.1. The zero-order valence-electron chi connectivity index (χ0n) is 21.9. The van der Waals surface area contributed by atoms with Crippen LogP contribution in [0, 0.1) is 0 Å². The van der Waals surface area contributed by atoms with Gasteiger partial charge < -0.3 is 24.3 Å². The van der Waals surface area contributed by atoms with Crippen LogP contribution in [0.1, 0.15) is 65.2 Å². The number of carboxylic acid groups (broad SMARTS) is 1. The molecular formula is C26H38N2O6Si. The largest absolute Gasteiger partial charge is 0.540 e. The first kappa shape index (κ1) is 26.8. The van der Waals surface area contributed by atoms with E-state index in [0.29, 0.717) is 17.9 Å². The van der Waals surface area contributed by atoms with Gasteiger partial charge in [-0.05, 0) is 41.6 Å². The van der Waals surface area contributed by atoms with Crippen LogP contribution in [0.25, 0.3) is 0 Å². The fraction of sp³-hybridized carbons (Fsp3) is 0.538. The van der Waals surface area contributed by atoms with Crippen LogP contribution in [0.15, 0.2) is 36.1 Å². The predicted molar refractivity (Wildman–Crippen MR) is 139 cm³/mol. The SMILES string of the molecule is CC=CC1=CN2C(=O)c3cc(OC)c(O[Si](C(C)C)(C(C)C)C(C)C)cc3N(C(=O)O)C(O)C2C1. The average molecular weight is 503 g/mol. The highest BCUT2D eigenvalue weighted by atomic mass is 28.4. The molecule has 1 aromatic rings. The molecule has 0 spiro atoms. The summed E-state index contributed by atoms with van der Waals surface area (Å²) in [6.45, 7) is 14.8. The smallest absolute Gasteiger partial charge is 0.414 e. The lowest BCUT2D eigenvalue weighted by molar-refractivity contribution is 0.0573. The Morgan fingerprint density at radius 1 is 1.11 bits per heavy atom. The average Bonchev–Trinajstić information content (AvgIpc) is 3.17. The maximum Gasteiger partial charge on any atom is 0.414 e. The fourth-order valence-electron chi connectivity index (χ4n) is 5.82. The standard InChI is InChI=1S/C26H38N2O6Si/c1-9-10-18-11-21-25(30)28(26(31)32)20-13-23(34-35(15(2)3,16(4)5)17(6)7)22(33-8)12-19(20)24(29)27(21)14-18/h9-10,12-17,21,25,30H,11H2,1-8H3,(H,31,32). The Kier molecular flexibility index (Phi) is 7.71. The summed E-state index contributed by atoms with van der Waals surface area (Å²) in [5, 5.41) is 21.3. The van der Waals surface area contributed by atoms with Gasteiger partial charge in [0.05, 0.1) is 24.4 Å².